The van der Waals surface area contributed by atoms with E-state index < -0.39 is 5.91 Å². The van der Waals surface area contributed by atoms with Crippen molar-refractivity contribution in [2.24, 2.45) is 0 Å². The van der Waals surface area contributed by atoms with Gasteiger partial charge in [0.2, 0.25) is 0 Å². The van der Waals surface area contributed by atoms with Gasteiger partial charge in [-0.3, -0.25) is 19.3 Å². The summed E-state index contributed by atoms with van der Waals surface area (Å²) in [5, 5.41) is 3.58. The van der Waals surface area contributed by atoms with Crippen molar-refractivity contribution in [2.75, 3.05) is 7.05 Å². The van der Waals surface area contributed by atoms with Crippen LogP contribution in [-0.2, 0) is 6.54 Å². The number of carbonyl (C=O) groups excluding carboxylic acids is 3. The van der Waals surface area contributed by atoms with Crippen LogP contribution in [0.2, 0.25) is 0 Å². The van der Waals surface area contributed by atoms with Gasteiger partial charge < -0.3 is 5.32 Å². The second-order valence-corrected chi connectivity index (χ2v) is 7.18. The molecule has 1 N–H and O–H groups in total. The lowest BCUT2D eigenvalue weighted by Crippen LogP contribution is -2.24. The molecule has 0 radical (unpaired) electrons. The summed E-state index contributed by atoms with van der Waals surface area (Å²) < 4.78 is 14.2. The van der Waals surface area contributed by atoms with Gasteiger partial charge in [-0.2, -0.15) is 0 Å². The van der Waals surface area contributed by atoms with Crippen molar-refractivity contribution < 1.29 is 18.8 Å². The smallest absolute Gasteiger partial charge is 0.261 e. The zero-order chi connectivity index (χ0) is 18.4. The SMILES string of the molecule is CN1C(=O)c2ccc(C(=O)NCc3cc4cc(F)ccc4s3)cc2C1=O. The van der Waals surface area contributed by atoms with E-state index in [1.807, 2.05) is 6.07 Å². The maximum atomic E-state index is 13.3. The van der Waals surface area contributed by atoms with Crippen LogP contribution in [0, 0.1) is 5.82 Å². The van der Waals surface area contributed by atoms with Gasteiger partial charge in [-0.05, 0) is 47.9 Å². The van der Waals surface area contributed by atoms with Crippen molar-refractivity contribution >= 4 is 39.1 Å². The number of hydrogen-bond acceptors (Lipinski definition) is 4. The second-order valence-electron chi connectivity index (χ2n) is 6.01. The van der Waals surface area contributed by atoms with E-state index in [2.05, 4.69) is 5.32 Å². The van der Waals surface area contributed by atoms with E-state index in [0.29, 0.717) is 17.7 Å². The van der Waals surface area contributed by atoms with Gasteiger partial charge in [0, 0.05) is 22.2 Å². The third-order valence-electron chi connectivity index (χ3n) is 4.30. The molecule has 0 spiro atoms. The Hall–Kier alpha value is -3.06. The first-order valence-corrected chi connectivity index (χ1v) is 8.68. The zero-order valence-electron chi connectivity index (χ0n) is 13.7. The molecule has 4 rings (SSSR count). The summed E-state index contributed by atoms with van der Waals surface area (Å²) in [6.07, 6.45) is 0. The molecule has 2 aromatic carbocycles. The molecule has 7 heteroatoms. The van der Waals surface area contributed by atoms with E-state index >= 15 is 0 Å². The standard InChI is InChI=1S/C19H13FN2O3S/c1-22-18(24)14-4-2-10(8-15(14)19(22)25)17(23)21-9-13-7-11-6-12(20)3-5-16(11)26-13/h2-8H,9H2,1H3,(H,21,23). The number of nitrogens with zero attached hydrogens (tertiary/aromatic N) is 1. The summed E-state index contributed by atoms with van der Waals surface area (Å²) in [5.74, 6) is -1.42. The lowest BCUT2D eigenvalue weighted by atomic mass is 10.1. The van der Waals surface area contributed by atoms with Crippen LogP contribution in [0.3, 0.4) is 0 Å². The van der Waals surface area contributed by atoms with Gasteiger partial charge in [0.15, 0.2) is 0 Å². The highest BCUT2D eigenvalue weighted by Gasteiger charge is 2.33. The van der Waals surface area contributed by atoms with Gasteiger partial charge in [0.25, 0.3) is 17.7 Å². The van der Waals surface area contributed by atoms with Gasteiger partial charge in [-0.1, -0.05) is 0 Å². The normalized spacial score (nSPS) is 13.4. The Labute approximate surface area is 152 Å². The molecule has 0 aliphatic carbocycles. The Balaban J connectivity index is 1.52. The van der Waals surface area contributed by atoms with E-state index in [0.717, 1.165) is 19.9 Å². The molecule has 2 heterocycles. The van der Waals surface area contributed by atoms with Crippen molar-refractivity contribution in [3.8, 4) is 0 Å². The van der Waals surface area contributed by atoms with Crippen LogP contribution in [0.1, 0.15) is 36.0 Å². The number of rotatable bonds is 3. The summed E-state index contributed by atoms with van der Waals surface area (Å²) in [4.78, 5) is 38.2. The first-order valence-electron chi connectivity index (χ1n) is 7.86. The predicted molar refractivity (Wildman–Crippen MR) is 95.8 cm³/mol. The summed E-state index contributed by atoms with van der Waals surface area (Å²) in [7, 11) is 1.41. The highest BCUT2D eigenvalue weighted by molar-refractivity contribution is 7.19. The fraction of sp³-hybridized carbons (Fsp3) is 0.105. The number of benzene rings is 2. The third kappa shape index (κ3) is 2.66. The molecule has 0 bridgehead atoms. The Kier molecular flexibility index (Phi) is 3.81. The minimum absolute atomic E-state index is 0.238. The first-order chi connectivity index (χ1) is 12.4. The molecule has 1 aliphatic rings. The Bertz CT molecular complexity index is 1090. The number of thiophene rings is 1. The molecule has 130 valence electrons. The molecule has 1 aliphatic heterocycles. The van der Waals surface area contributed by atoms with Crippen molar-refractivity contribution in [3.63, 3.8) is 0 Å². The Morgan fingerprint density at radius 3 is 2.65 bits per heavy atom. The van der Waals surface area contributed by atoms with Gasteiger partial charge in [-0.15, -0.1) is 11.3 Å². The summed E-state index contributed by atoms with van der Waals surface area (Å²) >= 11 is 1.48. The molecule has 0 unspecified atom stereocenters. The van der Waals surface area contributed by atoms with Gasteiger partial charge in [-0.25, -0.2) is 4.39 Å². The number of nitrogens with one attached hydrogen (secondary N) is 1. The minimum Gasteiger partial charge on any atom is -0.347 e. The predicted octanol–water partition coefficient (Wildman–Crippen LogP) is 3.20. The molecular weight excluding hydrogens is 355 g/mol. The van der Waals surface area contributed by atoms with Crippen LogP contribution in [0.5, 0.6) is 0 Å². The third-order valence-corrected chi connectivity index (χ3v) is 5.42. The fourth-order valence-electron chi connectivity index (χ4n) is 2.93. The van der Waals surface area contributed by atoms with Gasteiger partial charge >= 0.3 is 0 Å². The maximum Gasteiger partial charge on any atom is 0.261 e. The highest BCUT2D eigenvalue weighted by Crippen LogP contribution is 2.26. The molecule has 0 saturated carbocycles. The molecule has 3 amide bonds. The van der Waals surface area contributed by atoms with Gasteiger partial charge in [0.05, 0.1) is 17.7 Å². The quantitative estimate of drug-likeness (QED) is 0.722. The Morgan fingerprint density at radius 2 is 1.85 bits per heavy atom. The zero-order valence-corrected chi connectivity index (χ0v) is 14.5. The van der Waals surface area contributed by atoms with Gasteiger partial charge in [0.1, 0.15) is 5.82 Å². The highest BCUT2D eigenvalue weighted by atomic mass is 32.1. The first kappa shape index (κ1) is 16.4. The molecule has 5 nitrogen and oxygen atoms in total. The van der Waals surface area contributed by atoms with Crippen LogP contribution in [0.15, 0.2) is 42.5 Å². The molecule has 0 fully saturated rings. The molecule has 0 saturated heterocycles. The minimum atomic E-state index is -0.411. The fourth-order valence-corrected chi connectivity index (χ4v) is 3.91. The molecule has 0 atom stereocenters. The molecule has 1 aromatic heterocycles. The van der Waals surface area contributed by atoms with Crippen molar-refractivity contribution in [1.82, 2.24) is 10.2 Å². The van der Waals surface area contributed by atoms with E-state index in [1.54, 1.807) is 6.07 Å². The monoisotopic (exact) mass is 368 g/mol. The van der Waals surface area contributed by atoms with E-state index in [4.69, 9.17) is 0 Å². The Morgan fingerprint density at radius 1 is 1.08 bits per heavy atom. The van der Waals surface area contributed by atoms with E-state index in [-0.39, 0.29) is 23.2 Å². The molecule has 3 aromatic rings. The van der Waals surface area contributed by atoms with Crippen LogP contribution in [0.4, 0.5) is 4.39 Å². The molecular formula is C19H13FN2O3S. The average Bonchev–Trinajstić information content (AvgIpc) is 3.13. The van der Waals surface area contributed by atoms with Crippen LogP contribution in [-0.4, -0.2) is 29.7 Å². The number of imide groups is 1. The van der Waals surface area contributed by atoms with Crippen molar-refractivity contribution in [1.29, 1.82) is 0 Å². The summed E-state index contributed by atoms with van der Waals surface area (Å²) in [6.45, 7) is 0.295. The average molecular weight is 368 g/mol. The largest absolute Gasteiger partial charge is 0.347 e. The summed E-state index contributed by atoms with van der Waals surface area (Å²) in [5.41, 5.74) is 0.857. The second kappa shape index (κ2) is 6.03. The van der Waals surface area contributed by atoms with Crippen LogP contribution in [0.25, 0.3) is 10.1 Å². The number of amides is 3. The topological polar surface area (TPSA) is 66.5 Å². The number of hydrogen-bond donors (Lipinski definition) is 1. The van der Waals surface area contributed by atoms with Crippen LogP contribution >= 0.6 is 11.3 Å². The van der Waals surface area contributed by atoms with E-state index in [9.17, 15) is 18.8 Å². The van der Waals surface area contributed by atoms with E-state index in [1.165, 1.54) is 48.7 Å². The number of halogens is 1. The number of carbonyl (C=O) groups is 3. The van der Waals surface area contributed by atoms with Crippen LogP contribution < -0.4 is 5.32 Å². The van der Waals surface area contributed by atoms with Crippen molar-refractivity contribution in [3.05, 3.63) is 69.8 Å². The maximum absolute atomic E-state index is 13.3. The lowest BCUT2D eigenvalue weighted by molar-refractivity contribution is 0.0693. The van der Waals surface area contributed by atoms with Crippen molar-refractivity contribution in [2.45, 2.75) is 6.54 Å². The number of fused-ring (bicyclic) bond motifs is 2. The summed E-state index contributed by atoms with van der Waals surface area (Å²) in [6, 6.07) is 10.9. The molecule has 26 heavy (non-hydrogen) atoms. The lowest BCUT2D eigenvalue weighted by Gasteiger charge is -2.05.